The van der Waals surface area contributed by atoms with Gasteiger partial charge in [-0.3, -0.25) is 13.9 Å². The number of hydrogen-bond acceptors (Lipinski definition) is 6. The van der Waals surface area contributed by atoms with Crippen LogP contribution in [-0.4, -0.2) is 58.0 Å². The molecule has 1 atom stereocenters. The Morgan fingerprint density at radius 2 is 1.51 bits per heavy atom. The molecule has 39 heavy (non-hydrogen) atoms. The number of methoxy groups -OCH3 is 1. The summed E-state index contributed by atoms with van der Waals surface area (Å²) in [6, 6.07) is 20.7. The summed E-state index contributed by atoms with van der Waals surface area (Å²) in [5.74, 6) is 0.371. The zero-order valence-corrected chi connectivity index (χ0v) is 23.5. The number of benzene rings is 3. The maximum atomic E-state index is 13.8. The van der Waals surface area contributed by atoms with Gasteiger partial charge in [-0.25, -0.2) is 8.42 Å². The second-order valence-corrected chi connectivity index (χ2v) is 10.6. The number of nitrogens with zero attached hydrogens (tertiary/aromatic N) is 2. The van der Waals surface area contributed by atoms with E-state index in [4.69, 9.17) is 9.47 Å². The van der Waals surface area contributed by atoms with Crippen molar-refractivity contribution >= 4 is 27.5 Å². The standard InChI is InChI=1S/C29H35N3O6S/c1-5-30-29(34)22(3)31(20-23-12-16-25(37-4)17-13-23)28(33)21-32(24-14-18-26(19-15-24)38-6-2)39(35,36)27-10-8-7-9-11-27/h7-19,22H,5-6,20-21H2,1-4H3,(H,30,34). The Hall–Kier alpha value is -4.05. The summed E-state index contributed by atoms with van der Waals surface area (Å²) in [6.45, 7) is 5.72. The Bertz CT molecular complexity index is 1330. The molecular formula is C29H35N3O6S. The molecule has 0 bridgehead atoms. The largest absolute Gasteiger partial charge is 0.497 e. The van der Waals surface area contributed by atoms with Crippen molar-refractivity contribution in [3.63, 3.8) is 0 Å². The summed E-state index contributed by atoms with van der Waals surface area (Å²) in [6.07, 6.45) is 0. The van der Waals surface area contributed by atoms with Crippen molar-refractivity contribution in [2.24, 2.45) is 0 Å². The summed E-state index contributed by atoms with van der Waals surface area (Å²) < 4.78 is 39.3. The highest BCUT2D eigenvalue weighted by atomic mass is 32.2. The van der Waals surface area contributed by atoms with Crippen LogP contribution in [0.4, 0.5) is 5.69 Å². The van der Waals surface area contributed by atoms with Gasteiger partial charge in [0.15, 0.2) is 0 Å². The lowest BCUT2D eigenvalue weighted by Gasteiger charge is -2.32. The number of likely N-dealkylation sites (N-methyl/N-ethyl adjacent to an activating group) is 1. The average molecular weight is 554 g/mol. The smallest absolute Gasteiger partial charge is 0.264 e. The third-order valence-corrected chi connectivity index (χ3v) is 7.86. The minimum Gasteiger partial charge on any atom is -0.497 e. The maximum absolute atomic E-state index is 13.8. The van der Waals surface area contributed by atoms with E-state index >= 15 is 0 Å². The van der Waals surface area contributed by atoms with E-state index in [9.17, 15) is 18.0 Å². The van der Waals surface area contributed by atoms with Gasteiger partial charge in [-0.05, 0) is 74.9 Å². The van der Waals surface area contributed by atoms with Gasteiger partial charge in [0.25, 0.3) is 10.0 Å². The number of nitrogens with one attached hydrogen (secondary N) is 1. The molecule has 0 radical (unpaired) electrons. The molecule has 0 saturated carbocycles. The Morgan fingerprint density at radius 3 is 2.08 bits per heavy atom. The highest BCUT2D eigenvalue weighted by molar-refractivity contribution is 7.92. The highest BCUT2D eigenvalue weighted by Crippen LogP contribution is 2.26. The zero-order valence-electron chi connectivity index (χ0n) is 22.7. The van der Waals surface area contributed by atoms with Crippen LogP contribution in [0.2, 0.25) is 0 Å². The molecule has 3 rings (SSSR count). The number of ether oxygens (including phenoxy) is 2. The SMILES string of the molecule is CCNC(=O)C(C)N(Cc1ccc(OC)cc1)C(=O)CN(c1ccc(OCC)cc1)S(=O)(=O)c1ccccc1. The van der Waals surface area contributed by atoms with Crippen molar-refractivity contribution in [3.05, 3.63) is 84.4 Å². The van der Waals surface area contributed by atoms with Crippen LogP contribution >= 0.6 is 0 Å². The molecule has 0 heterocycles. The molecule has 0 aliphatic heterocycles. The summed E-state index contributed by atoms with van der Waals surface area (Å²) in [7, 11) is -2.56. The molecule has 0 aliphatic rings. The lowest BCUT2D eigenvalue weighted by atomic mass is 10.1. The van der Waals surface area contributed by atoms with Crippen LogP contribution in [0.25, 0.3) is 0 Å². The van der Waals surface area contributed by atoms with Crippen LogP contribution in [0.1, 0.15) is 26.3 Å². The van der Waals surface area contributed by atoms with Gasteiger partial charge in [-0.2, -0.15) is 0 Å². The van der Waals surface area contributed by atoms with Crippen molar-refractivity contribution < 1.29 is 27.5 Å². The molecule has 0 aromatic heterocycles. The normalized spacial score (nSPS) is 11.8. The van der Waals surface area contributed by atoms with E-state index in [0.29, 0.717) is 30.3 Å². The Labute approximate surface area is 230 Å². The van der Waals surface area contributed by atoms with E-state index in [1.54, 1.807) is 87.7 Å². The van der Waals surface area contributed by atoms with Crippen molar-refractivity contribution in [2.75, 3.05) is 31.1 Å². The number of sulfonamides is 1. The van der Waals surface area contributed by atoms with Gasteiger partial charge < -0.3 is 19.7 Å². The van der Waals surface area contributed by atoms with Gasteiger partial charge in [0.05, 0.1) is 24.3 Å². The highest BCUT2D eigenvalue weighted by Gasteiger charge is 2.32. The molecule has 3 aromatic carbocycles. The third-order valence-electron chi connectivity index (χ3n) is 6.08. The molecule has 9 nitrogen and oxygen atoms in total. The van der Waals surface area contributed by atoms with Crippen molar-refractivity contribution in [3.8, 4) is 11.5 Å². The van der Waals surface area contributed by atoms with Crippen LogP contribution in [0.15, 0.2) is 83.8 Å². The molecule has 0 saturated heterocycles. The fourth-order valence-electron chi connectivity index (χ4n) is 3.96. The summed E-state index contributed by atoms with van der Waals surface area (Å²) >= 11 is 0. The molecule has 1 N–H and O–H groups in total. The van der Waals surface area contributed by atoms with Gasteiger partial charge in [0, 0.05) is 13.1 Å². The van der Waals surface area contributed by atoms with E-state index in [2.05, 4.69) is 5.32 Å². The van der Waals surface area contributed by atoms with E-state index in [0.717, 1.165) is 9.87 Å². The monoisotopic (exact) mass is 553 g/mol. The molecule has 0 fully saturated rings. The summed E-state index contributed by atoms with van der Waals surface area (Å²) in [5.41, 5.74) is 1.06. The summed E-state index contributed by atoms with van der Waals surface area (Å²) in [4.78, 5) is 28.1. The number of rotatable bonds is 13. The Balaban J connectivity index is 2.00. The van der Waals surface area contributed by atoms with Crippen LogP contribution in [0, 0.1) is 0 Å². The van der Waals surface area contributed by atoms with Crippen LogP contribution in [-0.2, 0) is 26.2 Å². The lowest BCUT2D eigenvalue weighted by molar-refractivity contribution is -0.139. The number of hydrogen-bond donors (Lipinski definition) is 1. The average Bonchev–Trinajstić information content (AvgIpc) is 2.95. The molecule has 1 unspecified atom stereocenters. The van der Waals surface area contributed by atoms with Gasteiger partial charge >= 0.3 is 0 Å². The molecule has 0 spiro atoms. The Morgan fingerprint density at radius 1 is 0.897 bits per heavy atom. The number of amides is 2. The molecule has 3 aromatic rings. The van der Waals surface area contributed by atoms with Gasteiger partial charge in [0.2, 0.25) is 11.8 Å². The topological polar surface area (TPSA) is 105 Å². The first-order valence-corrected chi connectivity index (χ1v) is 14.2. The van der Waals surface area contributed by atoms with Crippen molar-refractivity contribution in [1.82, 2.24) is 10.2 Å². The first kappa shape index (κ1) is 29.5. The predicted octanol–water partition coefficient (Wildman–Crippen LogP) is 3.84. The molecule has 2 amide bonds. The van der Waals surface area contributed by atoms with E-state index in [1.807, 2.05) is 6.92 Å². The Kier molecular flexibility index (Phi) is 10.3. The van der Waals surface area contributed by atoms with Crippen LogP contribution < -0.4 is 19.1 Å². The first-order valence-electron chi connectivity index (χ1n) is 12.7. The minimum atomic E-state index is -4.12. The lowest BCUT2D eigenvalue weighted by Crippen LogP contribution is -2.51. The second-order valence-electron chi connectivity index (χ2n) is 8.69. The second kappa shape index (κ2) is 13.7. The third kappa shape index (κ3) is 7.51. The maximum Gasteiger partial charge on any atom is 0.264 e. The van der Waals surface area contributed by atoms with Crippen LogP contribution in [0.3, 0.4) is 0 Å². The fourth-order valence-corrected chi connectivity index (χ4v) is 5.39. The minimum absolute atomic E-state index is 0.0464. The number of carbonyl (C=O) groups is 2. The quantitative estimate of drug-likeness (QED) is 0.345. The first-order chi connectivity index (χ1) is 18.7. The number of anilines is 1. The van der Waals surface area contributed by atoms with Gasteiger partial charge in [-0.1, -0.05) is 30.3 Å². The molecule has 0 aliphatic carbocycles. The van der Waals surface area contributed by atoms with Crippen molar-refractivity contribution in [2.45, 2.75) is 38.3 Å². The van der Waals surface area contributed by atoms with E-state index in [1.165, 1.54) is 17.0 Å². The van der Waals surface area contributed by atoms with Crippen LogP contribution in [0.5, 0.6) is 11.5 Å². The number of carbonyl (C=O) groups excluding carboxylic acids is 2. The summed E-state index contributed by atoms with van der Waals surface area (Å²) in [5, 5.41) is 2.75. The van der Waals surface area contributed by atoms with Gasteiger partial charge in [-0.15, -0.1) is 0 Å². The zero-order chi connectivity index (χ0) is 28.4. The van der Waals surface area contributed by atoms with Gasteiger partial charge in [0.1, 0.15) is 24.1 Å². The molecular weight excluding hydrogens is 518 g/mol. The van der Waals surface area contributed by atoms with Crippen molar-refractivity contribution in [1.29, 1.82) is 0 Å². The van der Waals surface area contributed by atoms with E-state index < -0.39 is 28.5 Å². The fraction of sp³-hybridized carbons (Fsp3) is 0.310. The predicted molar refractivity (Wildman–Crippen MR) is 150 cm³/mol. The molecule has 208 valence electrons. The van der Waals surface area contributed by atoms with E-state index in [-0.39, 0.29) is 17.3 Å². The molecule has 10 heteroatoms.